The summed E-state index contributed by atoms with van der Waals surface area (Å²) in [6.45, 7) is 6.03. The van der Waals surface area contributed by atoms with Gasteiger partial charge in [0.2, 0.25) is 0 Å². The zero-order valence-corrected chi connectivity index (χ0v) is 12.8. The van der Waals surface area contributed by atoms with Crippen molar-refractivity contribution in [2.45, 2.75) is 46.1 Å². The monoisotopic (exact) mass is 283 g/mol. The van der Waals surface area contributed by atoms with E-state index in [0.717, 1.165) is 35.3 Å². The van der Waals surface area contributed by atoms with Crippen molar-refractivity contribution in [3.05, 3.63) is 41.4 Å². The number of aromatic nitrogens is 4. The first-order chi connectivity index (χ1) is 10.2. The summed E-state index contributed by atoms with van der Waals surface area (Å²) in [7, 11) is 0. The molecule has 5 nitrogen and oxygen atoms in total. The molecule has 0 aliphatic heterocycles. The molecule has 1 atom stereocenters. The van der Waals surface area contributed by atoms with Gasteiger partial charge in [-0.2, -0.15) is 0 Å². The highest BCUT2D eigenvalue weighted by atomic mass is 15.1. The van der Waals surface area contributed by atoms with E-state index in [0.29, 0.717) is 5.92 Å². The Hall–Kier alpha value is -2.04. The fourth-order valence-corrected chi connectivity index (χ4v) is 2.48. The maximum atomic E-state index is 4.58. The van der Waals surface area contributed by atoms with Gasteiger partial charge in [-0.15, -0.1) is 0 Å². The topological polar surface area (TPSA) is 63.6 Å². The summed E-state index contributed by atoms with van der Waals surface area (Å²) in [6.07, 6.45) is 5.18. The Morgan fingerprint density at radius 2 is 2.05 bits per heavy atom. The zero-order valence-electron chi connectivity index (χ0n) is 12.8. The van der Waals surface area contributed by atoms with Crippen molar-refractivity contribution in [2.24, 2.45) is 5.92 Å². The predicted octanol–water partition coefficient (Wildman–Crippen LogP) is 3.01. The Morgan fingerprint density at radius 1 is 1.24 bits per heavy atom. The third-order valence-electron chi connectivity index (χ3n) is 3.74. The lowest BCUT2D eigenvalue weighted by Gasteiger charge is -2.18. The van der Waals surface area contributed by atoms with Crippen molar-refractivity contribution in [2.75, 3.05) is 5.32 Å². The van der Waals surface area contributed by atoms with Gasteiger partial charge in [-0.25, -0.2) is 19.9 Å². The first-order valence-electron chi connectivity index (χ1n) is 7.56. The SMILES string of the molecule is CCc1cc(NC(c2nccc(C)n2)C2CC2)nc(C)n1. The summed E-state index contributed by atoms with van der Waals surface area (Å²) in [5.74, 6) is 3.15. The minimum atomic E-state index is 0.143. The third kappa shape index (κ3) is 3.35. The second kappa shape index (κ2) is 5.76. The van der Waals surface area contributed by atoms with Crippen LogP contribution in [0.25, 0.3) is 0 Å². The first kappa shape index (κ1) is 13.9. The van der Waals surface area contributed by atoms with E-state index in [4.69, 9.17) is 0 Å². The minimum absolute atomic E-state index is 0.143. The maximum absolute atomic E-state index is 4.58. The molecular weight excluding hydrogens is 262 g/mol. The first-order valence-corrected chi connectivity index (χ1v) is 7.56. The normalized spacial score (nSPS) is 15.8. The summed E-state index contributed by atoms with van der Waals surface area (Å²) < 4.78 is 0. The number of rotatable bonds is 5. The van der Waals surface area contributed by atoms with E-state index in [2.05, 4.69) is 32.2 Å². The number of anilines is 1. The number of aryl methyl sites for hydroxylation is 3. The van der Waals surface area contributed by atoms with Gasteiger partial charge in [0.25, 0.3) is 0 Å². The number of nitrogens with one attached hydrogen (secondary N) is 1. The van der Waals surface area contributed by atoms with Crippen molar-refractivity contribution < 1.29 is 0 Å². The van der Waals surface area contributed by atoms with Crippen molar-refractivity contribution in [3.63, 3.8) is 0 Å². The molecule has 0 aromatic carbocycles. The number of hydrogen-bond donors (Lipinski definition) is 1. The van der Waals surface area contributed by atoms with E-state index < -0.39 is 0 Å². The van der Waals surface area contributed by atoms with Crippen LogP contribution in [0.15, 0.2) is 18.3 Å². The highest BCUT2D eigenvalue weighted by Gasteiger charge is 2.34. The van der Waals surface area contributed by atoms with Crippen LogP contribution in [0.5, 0.6) is 0 Å². The Labute approximate surface area is 125 Å². The summed E-state index contributed by atoms with van der Waals surface area (Å²) in [5.41, 5.74) is 2.06. The number of nitrogens with zero attached hydrogens (tertiary/aromatic N) is 4. The summed E-state index contributed by atoms with van der Waals surface area (Å²) in [4.78, 5) is 18.0. The molecule has 1 saturated carbocycles. The summed E-state index contributed by atoms with van der Waals surface area (Å²) >= 11 is 0. The van der Waals surface area contributed by atoms with Crippen LogP contribution in [0, 0.1) is 19.8 Å². The van der Waals surface area contributed by atoms with Gasteiger partial charge in [-0.1, -0.05) is 6.92 Å². The summed E-state index contributed by atoms with van der Waals surface area (Å²) in [5, 5.41) is 3.52. The van der Waals surface area contributed by atoms with Crippen LogP contribution in [0.2, 0.25) is 0 Å². The third-order valence-corrected chi connectivity index (χ3v) is 3.74. The maximum Gasteiger partial charge on any atom is 0.151 e. The van der Waals surface area contributed by atoms with Gasteiger partial charge in [0.15, 0.2) is 5.82 Å². The summed E-state index contributed by atoms with van der Waals surface area (Å²) in [6, 6.07) is 4.10. The van der Waals surface area contributed by atoms with Crippen LogP contribution in [0.3, 0.4) is 0 Å². The Balaban J connectivity index is 1.87. The quantitative estimate of drug-likeness (QED) is 0.914. The Morgan fingerprint density at radius 3 is 2.71 bits per heavy atom. The zero-order chi connectivity index (χ0) is 14.8. The number of hydrogen-bond acceptors (Lipinski definition) is 5. The Kier molecular flexibility index (Phi) is 3.82. The lowest BCUT2D eigenvalue weighted by atomic mass is 10.1. The molecule has 2 aromatic heterocycles. The van der Waals surface area contributed by atoms with E-state index in [1.807, 2.05) is 32.2 Å². The molecule has 1 aliphatic rings. The van der Waals surface area contributed by atoms with Gasteiger partial charge in [0, 0.05) is 23.7 Å². The van der Waals surface area contributed by atoms with Crippen LogP contribution in [-0.2, 0) is 6.42 Å². The van der Waals surface area contributed by atoms with Crippen molar-refractivity contribution >= 4 is 5.82 Å². The largest absolute Gasteiger partial charge is 0.360 e. The van der Waals surface area contributed by atoms with Gasteiger partial charge in [-0.3, -0.25) is 0 Å². The molecule has 1 aliphatic carbocycles. The predicted molar refractivity (Wildman–Crippen MR) is 82.0 cm³/mol. The molecule has 3 rings (SSSR count). The second-order valence-electron chi connectivity index (χ2n) is 5.66. The highest BCUT2D eigenvalue weighted by Crippen LogP contribution is 2.41. The van der Waals surface area contributed by atoms with Crippen LogP contribution >= 0.6 is 0 Å². The highest BCUT2D eigenvalue weighted by molar-refractivity contribution is 5.39. The molecule has 2 aromatic rings. The smallest absolute Gasteiger partial charge is 0.151 e. The second-order valence-corrected chi connectivity index (χ2v) is 5.66. The standard InChI is InChI=1S/C16H21N5/c1-4-13-9-14(20-11(3)19-13)21-15(12-5-6-12)16-17-8-7-10(2)18-16/h7-9,12,15H,4-6H2,1-3H3,(H,19,20,21). The lowest BCUT2D eigenvalue weighted by molar-refractivity contribution is 0.627. The van der Waals surface area contributed by atoms with Gasteiger partial charge >= 0.3 is 0 Å². The molecular formula is C16H21N5. The van der Waals surface area contributed by atoms with Crippen LogP contribution < -0.4 is 5.32 Å². The van der Waals surface area contributed by atoms with Crippen molar-refractivity contribution in [1.29, 1.82) is 0 Å². The molecule has 0 saturated heterocycles. The minimum Gasteiger partial charge on any atom is -0.360 e. The van der Waals surface area contributed by atoms with Gasteiger partial charge in [-0.05, 0) is 45.1 Å². The van der Waals surface area contributed by atoms with Gasteiger partial charge < -0.3 is 5.32 Å². The van der Waals surface area contributed by atoms with E-state index >= 15 is 0 Å². The molecule has 0 spiro atoms. The molecule has 110 valence electrons. The molecule has 5 heteroatoms. The van der Waals surface area contributed by atoms with Gasteiger partial charge in [0.05, 0.1) is 6.04 Å². The Bertz CT molecular complexity index is 636. The van der Waals surface area contributed by atoms with E-state index in [1.54, 1.807) is 0 Å². The molecule has 21 heavy (non-hydrogen) atoms. The molecule has 1 N–H and O–H groups in total. The van der Waals surface area contributed by atoms with Crippen molar-refractivity contribution in [3.8, 4) is 0 Å². The lowest BCUT2D eigenvalue weighted by Crippen LogP contribution is -2.18. The average molecular weight is 283 g/mol. The van der Waals surface area contributed by atoms with Crippen LogP contribution in [-0.4, -0.2) is 19.9 Å². The molecule has 0 radical (unpaired) electrons. The van der Waals surface area contributed by atoms with E-state index in [9.17, 15) is 0 Å². The average Bonchev–Trinajstić information content (AvgIpc) is 3.28. The molecule has 1 unspecified atom stereocenters. The van der Waals surface area contributed by atoms with Crippen LogP contribution in [0.4, 0.5) is 5.82 Å². The molecule has 0 amide bonds. The van der Waals surface area contributed by atoms with Crippen LogP contribution in [0.1, 0.15) is 48.8 Å². The molecule has 2 heterocycles. The van der Waals surface area contributed by atoms with Crippen molar-refractivity contribution in [1.82, 2.24) is 19.9 Å². The fraction of sp³-hybridized carbons (Fsp3) is 0.500. The van der Waals surface area contributed by atoms with E-state index in [-0.39, 0.29) is 6.04 Å². The molecule has 1 fully saturated rings. The van der Waals surface area contributed by atoms with E-state index in [1.165, 1.54) is 12.8 Å². The molecule has 0 bridgehead atoms. The fourth-order valence-electron chi connectivity index (χ4n) is 2.48. The van der Waals surface area contributed by atoms with Gasteiger partial charge in [0.1, 0.15) is 11.6 Å².